The van der Waals surface area contributed by atoms with Crippen LogP contribution in [-0.2, 0) is 23.7 Å². The van der Waals surface area contributed by atoms with Gasteiger partial charge in [-0.15, -0.1) is 0 Å². The summed E-state index contributed by atoms with van der Waals surface area (Å²) in [4.78, 5) is 0. The Morgan fingerprint density at radius 3 is 2.10 bits per heavy atom. The highest BCUT2D eigenvalue weighted by atomic mass is 16.7. The van der Waals surface area contributed by atoms with Gasteiger partial charge in [-0.2, -0.15) is 0 Å². The molecular weight excluding hydrogens is 674 g/mol. The molecule has 8 rings (SSSR count). The lowest BCUT2D eigenvalue weighted by molar-refractivity contribution is -0.364. The molecule has 8 N–H and O–H groups in total. The third-order valence-corrected chi connectivity index (χ3v) is 16.4. The Kier molecular flexibility index (Phi) is 10.4. The average molecular weight is 740 g/mol. The van der Waals surface area contributed by atoms with Crippen molar-refractivity contribution >= 4 is 0 Å². The first-order chi connectivity index (χ1) is 24.7. The molecule has 0 unspecified atom stereocenters. The lowest BCUT2D eigenvalue weighted by Crippen LogP contribution is -2.65. The molecule has 4 saturated carbocycles. The van der Waals surface area contributed by atoms with E-state index in [0.717, 1.165) is 38.6 Å². The molecule has 8 fully saturated rings. The van der Waals surface area contributed by atoms with Crippen LogP contribution in [0.2, 0.25) is 0 Å². The minimum Gasteiger partial charge on any atom is -0.394 e. The van der Waals surface area contributed by atoms with E-state index in [1.807, 2.05) is 0 Å². The van der Waals surface area contributed by atoms with Crippen molar-refractivity contribution in [3.05, 3.63) is 0 Å². The van der Waals surface area contributed by atoms with E-state index in [2.05, 4.69) is 33.0 Å². The lowest BCUT2D eigenvalue weighted by atomic mass is 9.44. The quantitative estimate of drug-likeness (QED) is 0.180. The van der Waals surface area contributed by atoms with Gasteiger partial charge in [-0.3, -0.25) is 5.32 Å². The minimum absolute atomic E-state index is 0.143. The van der Waals surface area contributed by atoms with E-state index in [-0.39, 0.29) is 17.2 Å². The van der Waals surface area contributed by atoms with Crippen molar-refractivity contribution in [3.63, 3.8) is 0 Å². The van der Waals surface area contributed by atoms with Crippen LogP contribution in [-0.4, -0.2) is 135 Å². The van der Waals surface area contributed by atoms with Gasteiger partial charge in [0.25, 0.3) is 0 Å². The van der Waals surface area contributed by atoms with Crippen molar-refractivity contribution in [1.82, 2.24) is 5.32 Å². The van der Waals surface area contributed by atoms with Crippen LogP contribution in [0, 0.1) is 52.3 Å². The molecule has 52 heavy (non-hydrogen) atoms. The SMILES string of the molecule is C[C@H]1CC[C@]2(NC1)O[C@H]1C[C@H]3[C@@H]4CC[C@H]5C[C@@H](O[C@@H]6O[C@H](CO)[C@H](O[C@@H]7O[C@H](CO)[C@@H](O)[C@H](O)[C@H]7O)[C@H](O)[C@H]6O)CC[C@]5(C)[C@H]4CC[C@]3(C)[C@H]1[C@@H]2C. The highest BCUT2D eigenvalue weighted by molar-refractivity contribution is 5.16. The van der Waals surface area contributed by atoms with Gasteiger partial charge >= 0.3 is 0 Å². The second-order valence-corrected chi connectivity index (χ2v) is 18.9. The van der Waals surface area contributed by atoms with E-state index in [4.69, 9.17) is 23.7 Å². The molecule has 0 bridgehead atoms. The van der Waals surface area contributed by atoms with Crippen molar-refractivity contribution in [2.75, 3.05) is 19.8 Å². The van der Waals surface area contributed by atoms with Crippen LogP contribution in [0.15, 0.2) is 0 Å². The molecular formula is C39H65NO12. The molecule has 4 aliphatic carbocycles. The number of nitrogens with one attached hydrogen (secondary N) is 1. The van der Waals surface area contributed by atoms with Gasteiger partial charge in [-0.25, -0.2) is 0 Å². The first-order valence-corrected chi connectivity index (χ1v) is 20.4. The average Bonchev–Trinajstić information content (AvgIpc) is 3.58. The van der Waals surface area contributed by atoms with E-state index < -0.39 is 74.6 Å². The van der Waals surface area contributed by atoms with E-state index >= 15 is 0 Å². The number of ether oxygens (including phenoxy) is 5. The summed E-state index contributed by atoms with van der Waals surface area (Å²) >= 11 is 0. The number of hydrogen-bond acceptors (Lipinski definition) is 13. The van der Waals surface area contributed by atoms with Crippen LogP contribution >= 0.6 is 0 Å². The predicted molar refractivity (Wildman–Crippen MR) is 185 cm³/mol. The topological polar surface area (TPSA) is 200 Å². The van der Waals surface area contributed by atoms with E-state index in [9.17, 15) is 35.7 Å². The summed E-state index contributed by atoms with van der Waals surface area (Å²) in [6.07, 6.45) is -3.24. The van der Waals surface area contributed by atoms with Crippen LogP contribution in [0.1, 0.15) is 91.9 Å². The second kappa shape index (κ2) is 14.1. The molecule has 8 aliphatic rings. The summed E-state index contributed by atoms with van der Waals surface area (Å²) in [6.45, 7) is 9.74. The van der Waals surface area contributed by atoms with Gasteiger partial charge in [0.1, 0.15) is 54.6 Å². The molecule has 22 atom stereocenters. The summed E-state index contributed by atoms with van der Waals surface area (Å²) in [6, 6.07) is 0. The number of piperidine rings is 1. The maximum absolute atomic E-state index is 11.2. The Morgan fingerprint density at radius 2 is 1.38 bits per heavy atom. The first-order valence-electron chi connectivity index (χ1n) is 20.4. The van der Waals surface area contributed by atoms with Crippen LogP contribution in [0.25, 0.3) is 0 Å². The van der Waals surface area contributed by atoms with Crippen LogP contribution in [0.4, 0.5) is 0 Å². The number of aliphatic hydroxyl groups excluding tert-OH is 7. The van der Waals surface area contributed by atoms with Crippen molar-refractivity contribution < 1.29 is 59.4 Å². The fourth-order valence-electron chi connectivity index (χ4n) is 13.4. The van der Waals surface area contributed by atoms with Gasteiger partial charge in [-0.05, 0) is 111 Å². The van der Waals surface area contributed by atoms with Gasteiger partial charge < -0.3 is 59.4 Å². The zero-order valence-corrected chi connectivity index (χ0v) is 31.3. The Bertz CT molecular complexity index is 1270. The smallest absolute Gasteiger partial charge is 0.187 e. The van der Waals surface area contributed by atoms with Crippen LogP contribution in [0.5, 0.6) is 0 Å². The number of hydrogen-bond donors (Lipinski definition) is 8. The molecule has 0 aromatic rings. The monoisotopic (exact) mass is 739 g/mol. The fourth-order valence-corrected chi connectivity index (χ4v) is 13.4. The largest absolute Gasteiger partial charge is 0.394 e. The third-order valence-electron chi connectivity index (χ3n) is 16.4. The van der Waals surface area contributed by atoms with Gasteiger partial charge in [0.15, 0.2) is 12.6 Å². The fraction of sp³-hybridized carbons (Fsp3) is 1.00. The molecule has 0 radical (unpaired) electrons. The number of aliphatic hydroxyl groups is 7. The Labute approximate surface area is 307 Å². The van der Waals surface area contributed by atoms with E-state index in [0.29, 0.717) is 52.9 Å². The van der Waals surface area contributed by atoms with Gasteiger partial charge in [0, 0.05) is 12.5 Å². The van der Waals surface area contributed by atoms with Gasteiger partial charge in [0.2, 0.25) is 0 Å². The molecule has 4 saturated heterocycles. The van der Waals surface area contributed by atoms with E-state index in [1.165, 1.54) is 32.1 Å². The highest BCUT2D eigenvalue weighted by Crippen LogP contribution is 2.71. The van der Waals surface area contributed by atoms with Crippen molar-refractivity contribution in [3.8, 4) is 0 Å². The maximum atomic E-state index is 11.2. The standard InChI is InChI=1S/C39H65NO12/c1-18-7-12-39(40-15-18)19(2)28-25(52-39)14-24-22-6-5-20-13-21(8-10-37(20,3)23(22)9-11-38(24,28)4)48-35-33(47)31(45)34(27(17-42)50-35)51-36-32(46)30(44)29(43)26(16-41)49-36/h18-36,40-47H,5-17H2,1-4H3/t18-,19-,20-,21-,22+,23-,24-,25-,26+,27+,28-,29+,30-,31+,32+,33+,34-,35+,36-,37-,38-,39-/m0/s1. The lowest BCUT2D eigenvalue weighted by Gasteiger charge is -2.61. The van der Waals surface area contributed by atoms with Gasteiger partial charge in [-0.1, -0.05) is 27.7 Å². The molecule has 298 valence electrons. The molecule has 0 aromatic carbocycles. The zero-order valence-electron chi connectivity index (χ0n) is 31.3. The maximum Gasteiger partial charge on any atom is 0.187 e. The molecule has 0 aromatic heterocycles. The first kappa shape index (κ1) is 38.4. The zero-order chi connectivity index (χ0) is 36.9. The Morgan fingerprint density at radius 1 is 0.692 bits per heavy atom. The van der Waals surface area contributed by atoms with Gasteiger partial charge in [0.05, 0.1) is 25.4 Å². The van der Waals surface area contributed by atoms with Crippen molar-refractivity contribution in [2.45, 2.75) is 171 Å². The molecule has 4 heterocycles. The van der Waals surface area contributed by atoms with E-state index in [1.54, 1.807) is 0 Å². The summed E-state index contributed by atoms with van der Waals surface area (Å²) in [5.74, 6) is 4.38. The second-order valence-electron chi connectivity index (χ2n) is 18.9. The Balaban J connectivity index is 0.892. The van der Waals surface area contributed by atoms with Crippen LogP contribution in [0.3, 0.4) is 0 Å². The summed E-state index contributed by atoms with van der Waals surface area (Å²) < 4.78 is 30.6. The normalized spacial score (nSPS) is 59.0. The molecule has 4 aliphatic heterocycles. The Hall–Kier alpha value is -0.520. The summed E-state index contributed by atoms with van der Waals surface area (Å²) in [5, 5.41) is 76.7. The highest BCUT2D eigenvalue weighted by Gasteiger charge is 2.68. The predicted octanol–water partition coefficient (Wildman–Crippen LogP) is 1.02. The molecule has 0 amide bonds. The summed E-state index contributed by atoms with van der Waals surface area (Å²) in [5.41, 5.74) is 0.377. The molecule has 1 spiro atoms. The summed E-state index contributed by atoms with van der Waals surface area (Å²) in [7, 11) is 0. The number of rotatable bonds is 6. The third kappa shape index (κ3) is 5.98. The molecule has 13 heteroatoms. The van der Waals surface area contributed by atoms with Crippen molar-refractivity contribution in [2.24, 2.45) is 52.3 Å². The van der Waals surface area contributed by atoms with Crippen molar-refractivity contribution in [1.29, 1.82) is 0 Å². The number of fused-ring (bicyclic) bond motifs is 7. The molecule has 13 nitrogen and oxygen atoms in total. The van der Waals surface area contributed by atoms with Crippen LogP contribution < -0.4 is 5.32 Å². The minimum atomic E-state index is -1.71.